The zero-order chi connectivity index (χ0) is 7.28. The highest BCUT2D eigenvalue weighted by Crippen LogP contribution is 2.09. The van der Waals surface area contributed by atoms with E-state index in [0.717, 1.165) is 6.42 Å². The average molecular weight is 149 g/mol. The molecule has 0 bridgehead atoms. The summed E-state index contributed by atoms with van der Waals surface area (Å²) in [5.74, 6) is 1.24. The second-order valence-corrected chi connectivity index (χ2v) is 2.64. The maximum Gasteiger partial charge on any atom is 0.130 e. The zero-order valence-corrected chi connectivity index (χ0v) is 6.74. The summed E-state index contributed by atoms with van der Waals surface area (Å²) in [4.78, 5) is 10.5. The Kier molecular flexibility index (Phi) is 4.78. The maximum absolute atomic E-state index is 10.5. The van der Waals surface area contributed by atoms with Crippen molar-refractivity contribution in [3.05, 3.63) is 0 Å². The van der Waals surface area contributed by atoms with Crippen molar-refractivity contribution in [1.29, 1.82) is 0 Å². The van der Waals surface area contributed by atoms with E-state index in [4.69, 9.17) is 11.6 Å². The molecule has 0 heterocycles. The molecule has 0 fully saturated rings. The van der Waals surface area contributed by atoms with Crippen LogP contribution in [0.15, 0.2) is 0 Å². The van der Waals surface area contributed by atoms with Crippen LogP contribution in [0, 0.1) is 5.92 Å². The van der Waals surface area contributed by atoms with Gasteiger partial charge in [0.1, 0.15) is 5.78 Å². The van der Waals surface area contributed by atoms with Gasteiger partial charge in [-0.25, -0.2) is 0 Å². The topological polar surface area (TPSA) is 17.1 Å². The molecular formula is C7H13ClO. The fourth-order valence-electron chi connectivity index (χ4n) is 0.715. The minimum absolute atomic E-state index is 0.238. The molecule has 0 spiro atoms. The standard InChI is InChI=1S/C7H13ClO/c1-3-7(5-8)4-6(2)9/h7H,3-5H2,1-2H3. The number of hydrogen-bond acceptors (Lipinski definition) is 1. The SMILES string of the molecule is CCC(CCl)CC(C)=O. The van der Waals surface area contributed by atoms with Gasteiger partial charge in [-0.15, -0.1) is 11.6 Å². The van der Waals surface area contributed by atoms with Gasteiger partial charge in [-0.3, -0.25) is 0 Å². The molecule has 0 aliphatic heterocycles. The highest BCUT2D eigenvalue weighted by atomic mass is 35.5. The number of carbonyl (C=O) groups is 1. The molecule has 2 heteroatoms. The molecule has 0 radical (unpaired) electrons. The molecule has 54 valence electrons. The first-order chi connectivity index (χ1) is 4.20. The Morgan fingerprint density at radius 3 is 2.33 bits per heavy atom. The molecule has 0 aromatic heterocycles. The van der Waals surface area contributed by atoms with Gasteiger partial charge in [0.15, 0.2) is 0 Å². The minimum atomic E-state index is 0.238. The van der Waals surface area contributed by atoms with Crippen molar-refractivity contribution in [2.45, 2.75) is 26.7 Å². The lowest BCUT2D eigenvalue weighted by atomic mass is 10.0. The third-order valence-electron chi connectivity index (χ3n) is 1.37. The van der Waals surface area contributed by atoms with Crippen molar-refractivity contribution in [2.24, 2.45) is 5.92 Å². The molecule has 0 aliphatic carbocycles. The average Bonchev–Trinajstić information content (AvgIpc) is 1.82. The third kappa shape index (κ3) is 4.46. The molecule has 0 aromatic carbocycles. The lowest BCUT2D eigenvalue weighted by Gasteiger charge is -2.06. The smallest absolute Gasteiger partial charge is 0.130 e. The first kappa shape index (κ1) is 8.96. The van der Waals surface area contributed by atoms with E-state index >= 15 is 0 Å². The van der Waals surface area contributed by atoms with Gasteiger partial charge >= 0.3 is 0 Å². The number of rotatable bonds is 4. The van der Waals surface area contributed by atoms with Crippen LogP contribution in [0.4, 0.5) is 0 Å². The van der Waals surface area contributed by atoms with Crippen LogP contribution in [0.25, 0.3) is 0 Å². The van der Waals surface area contributed by atoms with E-state index in [-0.39, 0.29) is 5.78 Å². The largest absolute Gasteiger partial charge is 0.300 e. The summed E-state index contributed by atoms with van der Waals surface area (Å²) in [6.07, 6.45) is 1.64. The first-order valence-corrected chi connectivity index (χ1v) is 3.79. The van der Waals surface area contributed by atoms with Crippen molar-refractivity contribution in [2.75, 3.05) is 5.88 Å². The van der Waals surface area contributed by atoms with E-state index in [0.29, 0.717) is 18.2 Å². The summed E-state index contributed by atoms with van der Waals surface area (Å²) >= 11 is 5.56. The Hall–Kier alpha value is -0.0400. The lowest BCUT2D eigenvalue weighted by molar-refractivity contribution is -0.117. The van der Waals surface area contributed by atoms with Crippen LogP contribution >= 0.6 is 11.6 Å². The van der Waals surface area contributed by atoms with Gasteiger partial charge in [-0.05, 0) is 12.8 Å². The number of carbonyl (C=O) groups excluding carboxylic acids is 1. The van der Waals surface area contributed by atoms with Crippen molar-refractivity contribution < 1.29 is 4.79 Å². The van der Waals surface area contributed by atoms with E-state index in [1.807, 2.05) is 0 Å². The number of Topliss-reactive ketones (excluding diaryl/α,β-unsaturated/α-hetero) is 1. The fourth-order valence-corrected chi connectivity index (χ4v) is 1.04. The Balaban J connectivity index is 3.43. The van der Waals surface area contributed by atoms with E-state index in [1.165, 1.54) is 0 Å². The molecule has 0 saturated carbocycles. The molecule has 1 unspecified atom stereocenters. The van der Waals surface area contributed by atoms with Crippen molar-refractivity contribution in [3.8, 4) is 0 Å². The van der Waals surface area contributed by atoms with E-state index < -0.39 is 0 Å². The summed E-state index contributed by atoms with van der Waals surface area (Å²) in [7, 11) is 0. The molecule has 0 rings (SSSR count). The summed E-state index contributed by atoms with van der Waals surface area (Å²) in [5.41, 5.74) is 0. The highest BCUT2D eigenvalue weighted by molar-refractivity contribution is 6.18. The molecule has 1 nitrogen and oxygen atoms in total. The van der Waals surface area contributed by atoms with E-state index in [9.17, 15) is 4.79 Å². The fraction of sp³-hybridized carbons (Fsp3) is 0.857. The molecule has 9 heavy (non-hydrogen) atoms. The monoisotopic (exact) mass is 148 g/mol. The predicted octanol–water partition coefficient (Wildman–Crippen LogP) is 2.23. The zero-order valence-electron chi connectivity index (χ0n) is 5.98. The normalized spacial score (nSPS) is 13.2. The summed E-state index contributed by atoms with van der Waals surface area (Å²) in [6.45, 7) is 3.66. The van der Waals surface area contributed by atoms with Crippen LogP contribution in [0.5, 0.6) is 0 Å². The van der Waals surface area contributed by atoms with Crippen LogP contribution in [-0.4, -0.2) is 11.7 Å². The van der Waals surface area contributed by atoms with Crippen molar-refractivity contribution in [3.63, 3.8) is 0 Å². The van der Waals surface area contributed by atoms with E-state index in [2.05, 4.69) is 6.92 Å². The van der Waals surface area contributed by atoms with Crippen LogP contribution in [-0.2, 0) is 4.79 Å². The highest BCUT2D eigenvalue weighted by Gasteiger charge is 2.05. The second kappa shape index (κ2) is 4.80. The van der Waals surface area contributed by atoms with E-state index in [1.54, 1.807) is 6.92 Å². The lowest BCUT2D eigenvalue weighted by Crippen LogP contribution is -2.05. The number of alkyl halides is 1. The van der Waals surface area contributed by atoms with Gasteiger partial charge in [0.25, 0.3) is 0 Å². The molecule has 0 aromatic rings. The van der Waals surface area contributed by atoms with Crippen LogP contribution in [0.1, 0.15) is 26.7 Å². The number of ketones is 1. The minimum Gasteiger partial charge on any atom is -0.300 e. The Morgan fingerprint density at radius 2 is 2.22 bits per heavy atom. The Morgan fingerprint density at radius 1 is 1.67 bits per heavy atom. The van der Waals surface area contributed by atoms with Gasteiger partial charge in [0, 0.05) is 12.3 Å². The van der Waals surface area contributed by atoms with Gasteiger partial charge in [0.2, 0.25) is 0 Å². The predicted molar refractivity (Wildman–Crippen MR) is 39.8 cm³/mol. The van der Waals surface area contributed by atoms with Crippen molar-refractivity contribution in [1.82, 2.24) is 0 Å². The number of halogens is 1. The summed E-state index contributed by atoms with van der Waals surface area (Å²) < 4.78 is 0. The third-order valence-corrected chi connectivity index (χ3v) is 1.81. The first-order valence-electron chi connectivity index (χ1n) is 3.26. The molecule has 0 saturated heterocycles. The molecular weight excluding hydrogens is 136 g/mol. The second-order valence-electron chi connectivity index (χ2n) is 2.33. The van der Waals surface area contributed by atoms with Crippen LogP contribution in [0.3, 0.4) is 0 Å². The maximum atomic E-state index is 10.5. The van der Waals surface area contributed by atoms with Crippen LogP contribution in [0.2, 0.25) is 0 Å². The van der Waals surface area contributed by atoms with Gasteiger partial charge in [0.05, 0.1) is 0 Å². The van der Waals surface area contributed by atoms with Crippen LogP contribution < -0.4 is 0 Å². The van der Waals surface area contributed by atoms with Gasteiger partial charge in [-0.2, -0.15) is 0 Å². The summed E-state index contributed by atoms with van der Waals surface area (Å²) in [6, 6.07) is 0. The molecule has 0 aliphatic rings. The molecule has 0 N–H and O–H groups in total. The van der Waals surface area contributed by atoms with Crippen molar-refractivity contribution >= 4 is 17.4 Å². The quantitative estimate of drug-likeness (QED) is 0.559. The van der Waals surface area contributed by atoms with Gasteiger partial charge in [-0.1, -0.05) is 13.3 Å². The summed E-state index contributed by atoms with van der Waals surface area (Å²) in [5, 5.41) is 0. The Bertz CT molecular complexity index is 86.9. The Labute approximate surface area is 61.4 Å². The molecule has 1 atom stereocenters. The van der Waals surface area contributed by atoms with Gasteiger partial charge < -0.3 is 4.79 Å². The number of hydrogen-bond donors (Lipinski definition) is 0. The molecule has 0 amide bonds.